The van der Waals surface area contributed by atoms with E-state index in [2.05, 4.69) is 15.5 Å². The highest BCUT2D eigenvalue weighted by atomic mass is 19.1. The van der Waals surface area contributed by atoms with Crippen molar-refractivity contribution in [2.24, 2.45) is 0 Å². The lowest BCUT2D eigenvalue weighted by Crippen LogP contribution is -2.04. The molecule has 1 saturated carbocycles. The fraction of sp³-hybridized carbons (Fsp3) is 0.462. The van der Waals surface area contributed by atoms with Crippen molar-refractivity contribution in [3.05, 3.63) is 35.4 Å². The summed E-state index contributed by atoms with van der Waals surface area (Å²) < 4.78 is 15.7. The maximum absolute atomic E-state index is 14.0. The number of aromatic nitrogens is 4. The molecule has 1 aromatic carbocycles. The van der Waals surface area contributed by atoms with Gasteiger partial charge in [0.05, 0.1) is 5.69 Å². The summed E-state index contributed by atoms with van der Waals surface area (Å²) in [6, 6.07) is 3.54. The lowest BCUT2D eigenvalue weighted by molar-refractivity contribution is 0.594. The fourth-order valence-electron chi connectivity index (χ4n) is 2.23. The first-order valence-corrected chi connectivity index (χ1v) is 6.23. The van der Waals surface area contributed by atoms with E-state index >= 15 is 0 Å². The van der Waals surface area contributed by atoms with E-state index in [1.807, 2.05) is 19.9 Å². The molecular weight excluding hydrogens is 231 g/mol. The number of hydrogen-bond acceptors (Lipinski definition) is 3. The van der Waals surface area contributed by atoms with Crippen LogP contribution in [0.15, 0.2) is 18.5 Å². The van der Waals surface area contributed by atoms with Crippen molar-refractivity contribution >= 4 is 0 Å². The third-order valence-electron chi connectivity index (χ3n) is 3.38. The highest BCUT2D eigenvalue weighted by Gasteiger charge is 2.28. The highest BCUT2D eigenvalue weighted by Crippen LogP contribution is 2.43. The molecule has 0 unspecified atom stereocenters. The number of benzene rings is 1. The van der Waals surface area contributed by atoms with E-state index in [-0.39, 0.29) is 11.7 Å². The van der Waals surface area contributed by atoms with Crippen molar-refractivity contribution in [1.82, 2.24) is 20.2 Å². The number of hydrogen-bond donors (Lipinski definition) is 0. The van der Waals surface area contributed by atoms with E-state index in [0.717, 1.165) is 24.1 Å². The molecule has 0 amide bonds. The van der Waals surface area contributed by atoms with Gasteiger partial charge in [-0.3, -0.25) is 0 Å². The predicted octanol–water partition coefficient (Wildman–Crippen LogP) is 2.80. The third kappa shape index (κ3) is 1.89. The molecule has 0 N–H and O–H groups in total. The molecule has 0 aliphatic heterocycles. The van der Waals surface area contributed by atoms with Crippen LogP contribution in [0.2, 0.25) is 0 Å². The molecule has 1 fully saturated rings. The Kier molecular flexibility index (Phi) is 2.61. The summed E-state index contributed by atoms with van der Waals surface area (Å²) in [4.78, 5) is 0. The molecule has 0 atom stereocenters. The van der Waals surface area contributed by atoms with E-state index in [4.69, 9.17) is 0 Å². The number of nitrogens with zero attached hydrogens (tertiary/aromatic N) is 4. The van der Waals surface area contributed by atoms with Gasteiger partial charge in [-0.25, -0.2) is 9.07 Å². The normalized spacial score (nSPS) is 15.3. The van der Waals surface area contributed by atoms with Crippen LogP contribution in [0.3, 0.4) is 0 Å². The molecule has 2 aromatic rings. The van der Waals surface area contributed by atoms with Crippen LogP contribution in [-0.4, -0.2) is 20.2 Å². The zero-order valence-corrected chi connectivity index (χ0v) is 10.5. The highest BCUT2D eigenvalue weighted by molar-refractivity contribution is 5.48. The number of rotatable bonds is 3. The molecule has 1 aliphatic rings. The van der Waals surface area contributed by atoms with Gasteiger partial charge in [0, 0.05) is 0 Å². The molecule has 5 heteroatoms. The quantitative estimate of drug-likeness (QED) is 0.836. The Bertz CT molecular complexity index is 559. The second kappa shape index (κ2) is 4.15. The van der Waals surface area contributed by atoms with Crippen LogP contribution in [0.4, 0.5) is 4.39 Å². The molecule has 1 heterocycles. The molecule has 4 nitrogen and oxygen atoms in total. The van der Waals surface area contributed by atoms with Crippen LogP contribution in [0.25, 0.3) is 5.69 Å². The maximum atomic E-state index is 14.0. The molecule has 0 bridgehead atoms. The molecular formula is C13H15FN4. The van der Waals surface area contributed by atoms with Crippen LogP contribution in [0.1, 0.15) is 49.7 Å². The Morgan fingerprint density at radius 3 is 2.67 bits per heavy atom. The van der Waals surface area contributed by atoms with Crippen molar-refractivity contribution in [2.45, 2.75) is 38.5 Å². The van der Waals surface area contributed by atoms with Crippen molar-refractivity contribution in [3.8, 4) is 5.69 Å². The minimum absolute atomic E-state index is 0.122. The van der Waals surface area contributed by atoms with Crippen LogP contribution in [0.5, 0.6) is 0 Å². The first-order chi connectivity index (χ1) is 8.66. The van der Waals surface area contributed by atoms with E-state index < -0.39 is 0 Å². The molecule has 0 radical (unpaired) electrons. The first kappa shape index (κ1) is 11.3. The summed E-state index contributed by atoms with van der Waals surface area (Å²) in [7, 11) is 0. The largest absolute Gasteiger partial charge is 0.207 e. The van der Waals surface area contributed by atoms with E-state index in [0.29, 0.717) is 11.5 Å². The third-order valence-corrected chi connectivity index (χ3v) is 3.38. The summed E-state index contributed by atoms with van der Waals surface area (Å²) in [5.74, 6) is 0.483. The van der Waals surface area contributed by atoms with Crippen LogP contribution in [0, 0.1) is 5.82 Å². The summed E-state index contributed by atoms with van der Waals surface area (Å²) in [5.41, 5.74) is 2.64. The van der Waals surface area contributed by atoms with Crippen molar-refractivity contribution in [2.75, 3.05) is 0 Å². The molecule has 18 heavy (non-hydrogen) atoms. The fourth-order valence-corrected chi connectivity index (χ4v) is 2.23. The molecule has 1 aromatic heterocycles. The summed E-state index contributed by atoms with van der Waals surface area (Å²) in [6.45, 7) is 3.97. The van der Waals surface area contributed by atoms with E-state index in [1.165, 1.54) is 0 Å². The van der Waals surface area contributed by atoms with Gasteiger partial charge in [-0.2, -0.15) is 0 Å². The lowest BCUT2D eigenvalue weighted by Gasteiger charge is -2.13. The van der Waals surface area contributed by atoms with Gasteiger partial charge in [0.15, 0.2) is 0 Å². The Morgan fingerprint density at radius 2 is 2.11 bits per heavy atom. The van der Waals surface area contributed by atoms with Gasteiger partial charge in [-0.15, -0.1) is 5.10 Å². The van der Waals surface area contributed by atoms with Gasteiger partial charge in [-0.05, 0) is 58.4 Å². The summed E-state index contributed by atoms with van der Waals surface area (Å²) >= 11 is 0. The zero-order valence-electron chi connectivity index (χ0n) is 10.5. The van der Waals surface area contributed by atoms with E-state index in [1.54, 1.807) is 17.1 Å². The van der Waals surface area contributed by atoms with Crippen LogP contribution >= 0.6 is 0 Å². The van der Waals surface area contributed by atoms with Gasteiger partial charge in [0.2, 0.25) is 0 Å². The standard InChI is InChI=1S/C13H15FN4/c1-8(2)10-6-13(18-7-15-16-17-18)11(5-12(10)14)9-3-4-9/h5-9H,3-4H2,1-2H3. The number of halogens is 1. The van der Waals surface area contributed by atoms with Gasteiger partial charge in [-0.1, -0.05) is 13.8 Å². The van der Waals surface area contributed by atoms with Crippen molar-refractivity contribution < 1.29 is 4.39 Å². The van der Waals surface area contributed by atoms with Gasteiger partial charge in [0.25, 0.3) is 0 Å². The molecule has 1 aliphatic carbocycles. The lowest BCUT2D eigenvalue weighted by atomic mass is 9.97. The molecule has 3 rings (SSSR count). The summed E-state index contributed by atoms with van der Waals surface area (Å²) in [6.07, 6.45) is 3.80. The maximum Gasteiger partial charge on any atom is 0.143 e. The first-order valence-electron chi connectivity index (χ1n) is 6.23. The topological polar surface area (TPSA) is 43.6 Å². The van der Waals surface area contributed by atoms with E-state index in [9.17, 15) is 4.39 Å². The second-order valence-electron chi connectivity index (χ2n) is 5.12. The Balaban J connectivity index is 2.17. The van der Waals surface area contributed by atoms with Gasteiger partial charge in [0.1, 0.15) is 12.1 Å². The Labute approximate surface area is 105 Å². The average Bonchev–Trinajstić information content (AvgIpc) is 3.04. The zero-order chi connectivity index (χ0) is 12.7. The van der Waals surface area contributed by atoms with Crippen molar-refractivity contribution in [3.63, 3.8) is 0 Å². The minimum Gasteiger partial charge on any atom is -0.207 e. The smallest absolute Gasteiger partial charge is 0.143 e. The second-order valence-corrected chi connectivity index (χ2v) is 5.12. The van der Waals surface area contributed by atoms with Gasteiger partial charge >= 0.3 is 0 Å². The Morgan fingerprint density at radius 1 is 1.33 bits per heavy atom. The average molecular weight is 246 g/mol. The van der Waals surface area contributed by atoms with Crippen LogP contribution in [-0.2, 0) is 0 Å². The van der Waals surface area contributed by atoms with Crippen LogP contribution < -0.4 is 0 Å². The monoisotopic (exact) mass is 246 g/mol. The Hall–Kier alpha value is -1.78. The predicted molar refractivity (Wildman–Crippen MR) is 65.2 cm³/mol. The molecule has 94 valence electrons. The van der Waals surface area contributed by atoms with Crippen molar-refractivity contribution in [1.29, 1.82) is 0 Å². The van der Waals surface area contributed by atoms with Gasteiger partial charge < -0.3 is 0 Å². The number of tetrazole rings is 1. The minimum atomic E-state index is -0.122. The SMILES string of the molecule is CC(C)c1cc(-n2cnnn2)c(C2CC2)cc1F. The molecule has 0 saturated heterocycles. The molecule has 0 spiro atoms. The summed E-state index contributed by atoms with van der Waals surface area (Å²) in [5, 5.41) is 11.2.